The van der Waals surface area contributed by atoms with Crippen LogP contribution in [0.15, 0.2) is 104 Å². The standard InChI is InChI=1S/C45H41F3N8O7S2/c46-45(47,48)29-9-8-12-31(21-29)54-42(61)56-36-16-14-28(24-50-36)34-26-52-40(65-34)44(19-6-7-20-44)63-37(57)22-32(38(58)59)62-43(17-4-5-18-43)39-51-25-33(64-39)27-13-15-35(49-23-27)55-41(60)53-30-10-2-1-3-11-30/h1-3,8-16,21,23-26,32H,4-7,17-20,22H2,(H,58,59)(H2,49,53,55,60)(H2,50,54,56,61). The van der Waals surface area contributed by atoms with Gasteiger partial charge in [0.1, 0.15) is 27.3 Å². The molecular weight excluding hydrogens is 886 g/mol. The van der Waals surface area contributed by atoms with E-state index < -0.39 is 59.5 Å². The summed E-state index contributed by atoms with van der Waals surface area (Å²) in [6, 6.07) is 18.8. The predicted molar refractivity (Wildman–Crippen MR) is 237 cm³/mol. The molecule has 0 aliphatic heterocycles. The molecule has 20 heteroatoms. The minimum absolute atomic E-state index is 0.0401. The number of esters is 1. The van der Waals surface area contributed by atoms with E-state index in [1.165, 1.54) is 47.1 Å². The van der Waals surface area contributed by atoms with Gasteiger partial charge in [0.05, 0.1) is 21.7 Å². The lowest BCUT2D eigenvalue weighted by Crippen LogP contribution is -2.39. The second-order valence-corrected chi connectivity index (χ2v) is 17.6. The molecule has 15 nitrogen and oxygen atoms in total. The average Bonchev–Trinajstić information content (AvgIpc) is 4.13. The van der Waals surface area contributed by atoms with E-state index in [4.69, 9.17) is 9.47 Å². The molecule has 336 valence electrons. The van der Waals surface area contributed by atoms with E-state index in [9.17, 15) is 37.5 Å². The Morgan fingerprint density at radius 2 is 1.17 bits per heavy atom. The molecule has 2 aliphatic rings. The number of hydrogen-bond donors (Lipinski definition) is 5. The molecule has 5 N–H and O–H groups in total. The molecule has 0 bridgehead atoms. The number of nitrogens with one attached hydrogen (secondary N) is 4. The number of benzene rings is 2. The number of rotatable bonds is 14. The van der Waals surface area contributed by atoms with E-state index in [-0.39, 0.29) is 11.5 Å². The number of para-hydroxylation sites is 1. The van der Waals surface area contributed by atoms with Crippen molar-refractivity contribution in [3.8, 4) is 20.9 Å². The molecule has 4 amide bonds. The number of halogens is 3. The molecule has 0 spiro atoms. The molecule has 65 heavy (non-hydrogen) atoms. The number of anilines is 4. The van der Waals surface area contributed by atoms with Gasteiger partial charge in [0.25, 0.3) is 0 Å². The number of thiazole rings is 2. The highest BCUT2D eigenvalue weighted by Crippen LogP contribution is 2.48. The highest BCUT2D eigenvalue weighted by atomic mass is 32.1. The first-order chi connectivity index (χ1) is 31.3. The van der Waals surface area contributed by atoms with Gasteiger partial charge in [0.15, 0.2) is 11.7 Å². The first kappa shape index (κ1) is 44.8. The van der Waals surface area contributed by atoms with Crippen molar-refractivity contribution >= 4 is 69.7 Å². The minimum atomic E-state index is -4.56. The van der Waals surface area contributed by atoms with E-state index in [0.717, 1.165) is 48.3 Å². The normalized spacial score (nSPS) is 15.7. The summed E-state index contributed by atoms with van der Waals surface area (Å²) < 4.78 is 51.8. The summed E-state index contributed by atoms with van der Waals surface area (Å²) in [6.07, 6.45) is 4.91. The summed E-state index contributed by atoms with van der Waals surface area (Å²) in [6.45, 7) is 0. The lowest BCUT2D eigenvalue weighted by molar-refractivity contribution is -0.180. The van der Waals surface area contributed by atoms with Gasteiger partial charge in [0, 0.05) is 47.3 Å². The van der Waals surface area contributed by atoms with Gasteiger partial charge in [-0.3, -0.25) is 15.4 Å². The summed E-state index contributed by atoms with van der Waals surface area (Å²) in [7, 11) is 0. The Hall–Kier alpha value is -6.77. The summed E-state index contributed by atoms with van der Waals surface area (Å²) >= 11 is 2.66. The van der Waals surface area contributed by atoms with Crippen molar-refractivity contribution < 1.29 is 46.9 Å². The number of ether oxygens (including phenoxy) is 2. The molecule has 6 aromatic rings. The zero-order chi connectivity index (χ0) is 45.6. The monoisotopic (exact) mass is 926 g/mol. The zero-order valence-electron chi connectivity index (χ0n) is 34.4. The number of carboxylic acids is 1. The SMILES string of the molecule is O=C(Nc1ccccc1)Nc1ccc(-c2cnc(C3(OC(CC(=O)OC4(c5ncc(-c6ccc(NC(=O)Nc7cccc(C(F)(F)F)c7)nc6)s5)CCCC4)C(=O)O)CCCC3)s2)cn1. The molecule has 2 aromatic carbocycles. The van der Waals surface area contributed by atoms with E-state index in [1.54, 1.807) is 48.9 Å². The lowest BCUT2D eigenvalue weighted by atomic mass is 10.0. The van der Waals surface area contributed by atoms with Crippen molar-refractivity contribution in [2.24, 2.45) is 0 Å². The zero-order valence-corrected chi connectivity index (χ0v) is 36.0. The van der Waals surface area contributed by atoms with Crippen molar-refractivity contribution in [3.63, 3.8) is 0 Å². The summed E-state index contributed by atoms with van der Waals surface area (Å²) in [5.41, 5.74) is -1.01. The van der Waals surface area contributed by atoms with Crippen LogP contribution in [0.3, 0.4) is 0 Å². The van der Waals surface area contributed by atoms with E-state index in [2.05, 4.69) is 41.2 Å². The van der Waals surface area contributed by atoms with Crippen molar-refractivity contribution in [3.05, 3.63) is 119 Å². The first-order valence-electron chi connectivity index (χ1n) is 20.6. The van der Waals surface area contributed by atoms with Gasteiger partial charge < -0.3 is 25.2 Å². The maximum atomic E-state index is 13.7. The van der Waals surface area contributed by atoms with Gasteiger partial charge in [-0.1, -0.05) is 37.1 Å². The molecule has 8 rings (SSSR count). The number of pyridine rings is 2. The predicted octanol–water partition coefficient (Wildman–Crippen LogP) is 10.7. The van der Waals surface area contributed by atoms with Gasteiger partial charge >= 0.3 is 30.2 Å². The summed E-state index contributed by atoms with van der Waals surface area (Å²) in [4.78, 5) is 70.8. The van der Waals surface area contributed by atoms with Gasteiger partial charge in [-0.2, -0.15) is 13.2 Å². The van der Waals surface area contributed by atoms with Crippen LogP contribution in [-0.2, 0) is 36.4 Å². The third-order valence-corrected chi connectivity index (χ3v) is 13.4. The Labute approximate surface area is 377 Å². The van der Waals surface area contributed by atoms with Gasteiger partial charge in [-0.05, 0) is 93.1 Å². The van der Waals surface area contributed by atoms with Crippen LogP contribution in [0.4, 0.5) is 45.8 Å². The van der Waals surface area contributed by atoms with Gasteiger partial charge in [0.2, 0.25) is 0 Å². The molecule has 4 aromatic heterocycles. The lowest BCUT2D eigenvalue weighted by Gasteiger charge is -2.31. The highest BCUT2D eigenvalue weighted by Gasteiger charge is 2.46. The smallest absolute Gasteiger partial charge is 0.416 e. The van der Waals surface area contributed by atoms with Crippen LogP contribution in [0.2, 0.25) is 0 Å². The van der Waals surface area contributed by atoms with Crippen LogP contribution in [0.5, 0.6) is 0 Å². The quantitative estimate of drug-likeness (QED) is 0.0650. The molecule has 2 fully saturated rings. The second kappa shape index (κ2) is 19.1. The number of carboxylic acid groups (broad SMARTS) is 1. The Bertz CT molecular complexity index is 2650. The fourth-order valence-corrected chi connectivity index (χ4v) is 10.00. The Morgan fingerprint density at radius 1 is 0.646 bits per heavy atom. The number of aliphatic carboxylic acids is 1. The first-order valence-corrected chi connectivity index (χ1v) is 22.3. The third-order valence-electron chi connectivity index (χ3n) is 11.0. The van der Waals surface area contributed by atoms with Gasteiger partial charge in [-0.15, -0.1) is 22.7 Å². The topological polar surface area (TPSA) is 207 Å². The second-order valence-electron chi connectivity index (χ2n) is 15.6. The highest BCUT2D eigenvalue weighted by molar-refractivity contribution is 7.15. The van der Waals surface area contributed by atoms with Crippen LogP contribution in [0, 0.1) is 0 Å². The fourth-order valence-electron chi connectivity index (χ4n) is 7.81. The van der Waals surface area contributed by atoms with Crippen LogP contribution >= 0.6 is 22.7 Å². The Kier molecular flexibility index (Phi) is 13.2. The summed E-state index contributed by atoms with van der Waals surface area (Å²) in [5, 5.41) is 21.8. The number of carbonyl (C=O) groups is 4. The summed E-state index contributed by atoms with van der Waals surface area (Å²) in [5.74, 6) is -1.54. The van der Waals surface area contributed by atoms with Gasteiger partial charge in [-0.25, -0.2) is 34.3 Å². The van der Waals surface area contributed by atoms with Crippen LogP contribution < -0.4 is 21.3 Å². The number of nitrogens with zero attached hydrogens (tertiary/aromatic N) is 4. The van der Waals surface area contributed by atoms with Crippen molar-refractivity contribution in [1.82, 2.24) is 19.9 Å². The molecule has 1 unspecified atom stereocenters. The van der Waals surface area contributed by atoms with E-state index in [1.807, 2.05) is 18.2 Å². The van der Waals surface area contributed by atoms with E-state index in [0.29, 0.717) is 57.6 Å². The van der Waals surface area contributed by atoms with Crippen molar-refractivity contribution in [2.75, 3.05) is 21.3 Å². The number of aromatic nitrogens is 4. The number of urea groups is 2. The minimum Gasteiger partial charge on any atom is -0.479 e. The number of carbonyl (C=O) groups excluding carboxylic acids is 3. The molecule has 2 saturated carbocycles. The molecule has 1 atom stereocenters. The fraction of sp³-hybridized carbons (Fsp3) is 0.289. The third kappa shape index (κ3) is 10.8. The Balaban J connectivity index is 0.892. The van der Waals surface area contributed by atoms with Crippen molar-refractivity contribution in [2.45, 2.75) is 81.3 Å². The average molecular weight is 927 g/mol. The molecule has 2 aliphatic carbocycles. The number of hydrogen-bond acceptors (Lipinski definition) is 12. The molecule has 0 saturated heterocycles. The van der Waals surface area contributed by atoms with Crippen LogP contribution in [0.25, 0.3) is 20.9 Å². The van der Waals surface area contributed by atoms with Crippen LogP contribution in [0.1, 0.15) is 73.4 Å². The molecular formula is C45H41F3N8O7S2. The van der Waals surface area contributed by atoms with Crippen LogP contribution in [-0.4, -0.2) is 55.1 Å². The van der Waals surface area contributed by atoms with E-state index >= 15 is 0 Å². The number of amides is 4. The Morgan fingerprint density at radius 3 is 1.69 bits per heavy atom. The molecule has 0 radical (unpaired) electrons. The van der Waals surface area contributed by atoms with Crippen molar-refractivity contribution in [1.29, 1.82) is 0 Å². The maximum absolute atomic E-state index is 13.7. The maximum Gasteiger partial charge on any atom is 0.416 e. The number of alkyl halides is 3. The largest absolute Gasteiger partial charge is 0.479 e. The molecule has 4 heterocycles.